The van der Waals surface area contributed by atoms with E-state index in [4.69, 9.17) is 10.5 Å². The van der Waals surface area contributed by atoms with E-state index < -0.39 is 6.03 Å². The standard InChI is InChI=1S/C29H23BrFN3O3/c30-22-10-13-25-24(15-22)28(37-18-20-5-2-1-3-6-20)27(34(25)16-19-8-11-23(31)12-9-19)26-21(17-35)7-4-14-33(26)29(32)36/h1-13,15,17H,14,16,18H2,(H2,32,36). The van der Waals surface area contributed by atoms with Gasteiger partial charge in [0.15, 0.2) is 12.0 Å². The van der Waals surface area contributed by atoms with Gasteiger partial charge in [0.1, 0.15) is 18.1 Å². The number of halogens is 2. The molecule has 0 aliphatic carbocycles. The first-order valence-corrected chi connectivity index (χ1v) is 12.4. The molecule has 0 atom stereocenters. The van der Waals surface area contributed by atoms with Crippen LogP contribution in [0.25, 0.3) is 16.6 Å². The molecule has 2 heterocycles. The van der Waals surface area contributed by atoms with Crippen molar-refractivity contribution >= 4 is 44.8 Å². The molecule has 1 aromatic heterocycles. The van der Waals surface area contributed by atoms with Gasteiger partial charge >= 0.3 is 6.03 Å². The molecule has 0 saturated carbocycles. The summed E-state index contributed by atoms with van der Waals surface area (Å²) < 4.78 is 22.9. The summed E-state index contributed by atoms with van der Waals surface area (Å²) in [6.45, 7) is 0.822. The number of urea groups is 1. The van der Waals surface area contributed by atoms with E-state index in [2.05, 4.69) is 15.9 Å². The van der Waals surface area contributed by atoms with Crippen LogP contribution < -0.4 is 10.5 Å². The Morgan fingerprint density at radius 3 is 2.51 bits per heavy atom. The molecule has 1 aliphatic heterocycles. The molecule has 0 saturated heterocycles. The van der Waals surface area contributed by atoms with Crippen molar-refractivity contribution in [2.45, 2.75) is 13.2 Å². The van der Waals surface area contributed by atoms with Gasteiger partial charge in [-0.3, -0.25) is 9.69 Å². The van der Waals surface area contributed by atoms with Crippen LogP contribution in [0.4, 0.5) is 9.18 Å². The van der Waals surface area contributed by atoms with Gasteiger partial charge in [0, 0.05) is 28.5 Å². The lowest BCUT2D eigenvalue weighted by Crippen LogP contribution is -2.37. The molecule has 186 valence electrons. The lowest BCUT2D eigenvalue weighted by atomic mass is 10.1. The second-order valence-electron chi connectivity index (χ2n) is 8.60. The van der Waals surface area contributed by atoms with Crippen molar-refractivity contribution in [3.05, 3.63) is 118 Å². The van der Waals surface area contributed by atoms with E-state index in [9.17, 15) is 14.0 Å². The molecule has 8 heteroatoms. The van der Waals surface area contributed by atoms with Gasteiger partial charge < -0.3 is 15.0 Å². The normalized spacial score (nSPS) is 13.3. The highest BCUT2D eigenvalue weighted by atomic mass is 79.9. The summed E-state index contributed by atoms with van der Waals surface area (Å²) in [5.41, 5.74) is 9.59. The molecule has 3 aromatic carbocycles. The fraction of sp³-hybridized carbons (Fsp3) is 0.103. The summed E-state index contributed by atoms with van der Waals surface area (Å²) in [5, 5.41) is 0.791. The van der Waals surface area contributed by atoms with E-state index in [1.165, 1.54) is 17.0 Å². The predicted molar refractivity (Wildman–Crippen MR) is 144 cm³/mol. The molecule has 0 unspecified atom stereocenters. The highest BCUT2D eigenvalue weighted by Gasteiger charge is 2.30. The Kier molecular flexibility index (Phi) is 6.92. The number of hydrogen-bond acceptors (Lipinski definition) is 3. The zero-order valence-electron chi connectivity index (χ0n) is 19.7. The summed E-state index contributed by atoms with van der Waals surface area (Å²) in [6, 6.07) is 21.0. The van der Waals surface area contributed by atoms with E-state index >= 15 is 0 Å². The van der Waals surface area contributed by atoms with Crippen LogP contribution in [0.1, 0.15) is 16.8 Å². The maximum atomic E-state index is 13.7. The Hall–Kier alpha value is -4.17. The average molecular weight is 560 g/mol. The smallest absolute Gasteiger partial charge is 0.319 e. The Bertz CT molecular complexity index is 1540. The van der Waals surface area contributed by atoms with Crippen molar-refractivity contribution in [3.8, 4) is 5.75 Å². The third-order valence-corrected chi connectivity index (χ3v) is 6.70. The average Bonchev–Trinajstić information content (AvgIpc) is 3.20. The number of nitrogens with two attached hydrogens (primary N) is 1. The Balaban J connectivity index is 1.78. The summed E-state index contributed by atoms with van der Waals surface area (Å²) in [6.07, 6.45) is 4.10. The largest absolute Gasteiger partial charge is 0.486 e. The summed E-state index contributed by atoms with van der Waals surface area (Å²) in [4.78, 5) is 26.1. The van der Waals surface area contributed by atoms with Crippen molar-refractivity contribution in [3.63, 3.8) is 0 Å². The van der Waals surface area contributed by atoms with Crippen LogP contribution in [0.15, 0.2) is 95.0 Å². The lowest BCUT2D eigenvalue weighted by molar-refractivity contribution is -0.104. The SMILES string of the molecule is NC(=O)N1CC=CC(C=O)=C1c1c(OCc2ccccc2)c2cc(Br)ccc2n1Cc1ccc(F)cc1. The van der Waals surface area contributed by atoms with Gasteiger partial charge in [-0.2, -0.15) is 0 Å². The van der Waals surface area contributed by atoms with E-state index in [0.717, 1.165) is 26.5 Å². The van der Waals surface area contributed by atoms with Gasteiger partial charge in [-0.1, -0.05) is 70.5 Å². The second-order valence-corrected chi connectivity index (χ2v) is 9.51. The Morgan fingerprint density at radius 2 is 1.81 bits per heavy atom. The number of carbonyl (C=O) groups is 2. The van der Waals surface area contributed by atoms with Crippen molar-refractivity contribution in [2.24, 2.45) is 5.73 Å². The fourth-order valence-corrected chi connectivity index (χ4v) is 4.88. The molecule has 0 radical (unpaired) electrons. The van der Waals surface area contributed by atoms with Crippen molar-refractivity contribution in [1.82, 2.24) is 9.47 Å². The minimum atomic E-state index is -0.688. The van der Waals surface area contributed by atoms with Crippen molar-refractivity contribution < 1.29 is 18.7 Å². The maximum Gasteiger partial charge on any atom is 0.319 e. The first-order valence-electron chi connectivity index (χ1n) is 11.6. The number of amides is 2. The van der Waals surface area contributed by atoms with E-state index in [-0.39, 0.29) is 19.0 Å². The molecule has 1 aliphatic rings. The zero-order valence-corrected chi connectivity index (χ0v) is 21.3. The van der Waals surface area contributed by atoms with E-state index in [1.807, 2.05) is 53.1 Å². The molecular weight excluding hydrogens is 537 g/mol. The highest BCUT2D eigenvalue weighted by Crippen LogP contribution is 2.42. The number of benzene rings is 3. The van der Waals surface area contributed by atoms with Gasteiger partial charge in [-0.15, -0.1) is 0 Å². The summed E-state index contributed by atoms with van der Waals surface area (Å²) in [7, 11) is 0. The van der Waals surface area contributed by atoms with Crippen LogP contribution in [0, 0.1) is 5.82 Å². The van der Waals surface area contributed by atoms with Crippen molar-refractivity contribution in [1.29, 1.82) is 0 Å². The topological polar surface area (TPSA) is 77.6 Å². The number of hydrogen-bond donors (Lipinski definition) is 1. The van der Waals surface area contributed by atoms with Crippen molar-refractivity contribution in [2.75, 3.05) is 6.54 Å². The molecule has 2 N–H and O–H groups in total. The molecule has 5 rings (SSSR count). The predicted octanol–water partition coefficient (Wildman–Crippen LogP) is 6.03. The maximum absolute atomic E-state index is 13.7. The quantitative estimate of drug-likeness (QED) is 0.281. The number of allylic oxidation sites excluding steroid dienone is 2. The number of aldehydes is 1. The first kappa shape index (κ1) is 24.5. The van der Waals surface area contributed by atoms with Crippen LogP contribution in [-0.2, 0) is 17.9 Å². The number of aromatic nitrogens is 1. The number of rotatable bonds is 7. The second kappa shape index (κ2) is 10.4. The lowest BCUT2D eigenvalue weighted by Gasteiger charge is -2.28. The van der Waals surface area contributed by atoms with Gasteiger partial charge in [-0.25, -0.2) is 9.18 Å². The first-order chi connectivity index (χ1) is 18.0. The van der Waals surface area contributed by atoms with Gasteiger partial charge in [0.05, 0.1) is 11.2 Å². The molecule has 4 aromatic rings. The number of primary amides is 1. The van der Waals surface area contributed by atoms with Crippen LogP contribution in [0.5, 0.6) is 5.75 Å². The third-order valence-electron chi connectivity index (χ3n) is 6.21. The molecular formula is C29H23BrFN3O3. The molecule has 6 nitrogen and oxygen atoms in total. The molecule has 0 bridgehead atoms. The van der Waals surface area contributed by atoms with Crippen LogP contribution in [-0.4, -0.2) is 28.3 Å². The molecule has 2 amide bonds. The monoisotopic (exact) mass is 559 g/mol. The van der Waals surface area contributed by atoms with Crippen LogP contribution in [0.2, 0.25) is 0 Å². The van der Waals surface area contributed by atoms with E-state index in [0.29, 0.717) is 35.5 Å². The van der Waals surface area contributed by atoms with Gasteiger partial charge in [-0.05, 0) is 41.5 Å². The Morgan fingerprint density at radius 1 is 1.05 bits per heavy atom. The molecule has 0 spiro atoms. The number of fused-ring (bicyclic) bond motifs is 1. The highest BCUT2D eigenvalue weighted by molar-refractivity contribution is 9.10. The fourth-order valence-electron chi connectivity index (χ4n) is 4.51. The number of ether oxygens (including phenoxy) is 1. The van der Waals surface area contributed by atoms with Gasteiger partial charge in [0.2, 0.25) is 0 Å². The molecule has 0 fully saturated rings. The van der Waals surface area contributed by atoms with Crippen LogP contribution in [0.3, 0.4) is 0 Å². The summed E-state index contributed by atoms with van der Waals surface area (Å²) in [5.74, 6) is 0.179. The minimum absolute atomic E-state index is 0.210. The molecule has 37 heavy (non-hydrogen) atoms. The number of carbonyl (C=O) groups excluding carboxylic acids is 2. The Labute approximate surface area is 221 Å². The zero-order chi connectivity index (χ0) is 25.9. The van der Waals surface area contributed by atoms with E-state index in [1.54, 1.807) is 24.3 Å². The third kappa shape index (κ3) is 4.93. The summed E-state index contributed by atoms with van der Waals surface area (Å²) >= 11 is 3.56. The number of nitrogens with zero attached hydrogens (tertiary/aromatic N) is 2. The minimum Gasteiger partial charge on any atom is -0.486 e. The van der Waals surface area contributed by atoms with Crippen LogP contribution >= 0.6 is 15.9 Å². The van der Waals surface area contributed by atoms with Gasteiger partial charge in [0.25, 0.3) is 0 Å².